The van der Waals surface area contributed by atoms with E-state index in [1.807, 2.05) is 0 Å². The van der Waals surface area contributed by atoms with Gasteiger partial charge in [-0.1, -0.05) is 12.2 Å². The molecule has 4 nitrogen and oxygen atoms in total. The highest BCUT2D eigenvalue weighted by Crippen LogP contribution is 2.12. The van der Waals surface area contributed by atoms with Crippen molar-refractivity contribution in [2.24, 2.45) is 11.7 Å². The minimum Gasteiger partial charge on any atom is -0.393 e. The predicted molar refractivity (Wildman–Crippen MR) is 63.6 cm³/mol. The van der Waals surface area contributed by atoms with Crippen LogP contribution in [0.25, 0.3) is 0 Å². The first-order valence-corrected chi connectivity index (χ1v) is 4.91. The molecule has 1 aromatic heterocycles. The van der Waals surface area contributed by atoms with E-state index in [1.165, 1.54) is 4.90 Å². The Balaban J connectivity index is 2.82. The molecule has 0 fully saturated rings. The van der Waals surface area contributed by atoms with E-state index < -0.39 is 5.92 Å². The highest BCUT2D eigenvalue weighted by atomic mass is 32.1. The average Bonchev–Trinajstić information content (AvgIpc) is 2.27. The molecule has 0 aliphatic rings. The molecule has 1 rings (SSSR count). The number of thiocarbonyl (C=S) groups is 1. The number of nitrogens with zero attached hydrogens (tertiary/aromatic N) is 2. The van der Waals surface area contributed by atoms with Crippen molar-refractivity contribution in [2.45, 2.75) is 6.92 Å². The fraction of sp³-hybridized carbons (Fsp3) is 0.300. The summed E-state index contributed by atoms with van der Waals surface area (Å²) in [6, 6.07) is 3.57. The Bertz CT molecular complexity index is 366. The summed E-state index contributed by atoms with van der Waals surface area (Å²) in [4.78, 5) is 17.5. The second kappa shape index (κ2) is 4.84. The summed E-state index contributed by atoms with van der Waals surface area (Å²) in [5.41, 5.74) is 6.15. The summed E-state index contributed by atoms with van der Waals surface area (Å²) in [5.74, 6) is -0.583. The van der Waals surface area contributed by atoms with Crippen LogP contribution in [0.15, 0.2) is 24.5 Å². The van der Waals surface area contributed by atoms with Gasteiger partial charge in [0.15, 0.2) is 0 Å². The van der Waals surface area contributed by atoms with Crippen molar-refractivity contribution >= 4 is 28.8 Å². The van der Waals surface area contributed by atoms with E-state index in [-0.39, 0.29) is 10.9 Å². The molecule has 0 aromatic carbocycles. The molecule has 80 valence electrons. The van der Waals surface area contributed by atoms with Crippen LogP contribution in [0.1, 0.15) is 6.92 Å². The van der Waals surface area contributed by atoms with Gasteiger partial charge in [-0.3, -0.25) is 9.78 Å². The van der Waals surface area contributed by atoms with Gasteiger partial charge in [-0.2, -0.15) is 0 Å². The summed E-state index contributed by atoms with van der Waals surface area (Å²) in [6.45, 7) is 1.69. The molecule has 1 heterocycles. The Morgan fingerprint density at radius 2 is 2.33 bits per heavy atom. The van der Waals surface area contributed by atoms with Gasteiger partial charge in [-0.15, -0.1) is 0 Å². The number of hydrogen-bond acceptors (Lipinski definition) is 3. The largest absolute Gasteiger partial charge is 0.393 e. The maximum atomic E-state index is 11.8. The van der Waals surface area contributed by atoms with E-state index in [2.05, 4.69) is 4.98 Å². The molecule has 0 saturated carbocycles. The van der Waals surface area contributed by atoms with Gasteiger partial charge in [0, 0.05) is 13.2 Å². The van der Waals surface area contributed by atoms with E-state index in [9.17, 15) is 4.79 Å². The van der Waals surface area contributed by atoms with E-state index in [4.69, 9.17) is 18.0 Å². The Labute approximate surface area is 94.1 Å². The summed E-state index contributed by atoms with van der Waals surface area (Å²) < 4.78 is 0. The summed E-state index contributed by atoms with van der Waals surface area (Å²) >= 11 is 4.78. The highest BCUT2D eigenvalue weighted by Gasteiger charge is 2.20. The summed E-state index contributed by atoms with van der Waals surface area (Å²) in [7, 11) is 1.67. The van der Waals surface area contributed by atoms with Crippen LogP contribution in [-0.4, -0.2) is 22.9 Å². The average molecular weight is 223 g/mol. The van der Waals surface area contributed by atoms with Crippen molar-refractivity contribution in [1.82, 2.24) is 4.98 Å². The number of hydrogen-bond donors (Lipinski definition) is 1. The van der Waals surface area contributed by atoms with E-state index >= 15 is 0 Å². The van der Waals surface area contributed by atoms with Crippen molar-refractivity contribution in [3.05, 3.63) is 24.5 Å². The molecular formula is C10H13N3OS. The van der Waals surface area contributed by atoms with Gasteiger partial charge < -0.3 is 10.6 Å². The third-order valence-corrected chi connectivity index (χ3v) is 2.51. The topological polar surface area (TPSA) is 59.2 Å². The van der Waals surface area contributed by atoms with E-state index in [0.29, 0.717) is 0 Å². The minimum atomic E-state index is -0.454. The van der Waals surface area contributed by atoms with Crippen LogP contribution in [-0.2, 0) is 4.79 Å². The van der Waals surface area contributed by atoms with Gasteiger partial charge in [-0.25, -0.2) is 0 Å². The maximum absolute atomic E-state index is 11.8. The van der Waals surface area contributed by atoms with Gasteiger partial charge >= 0.3 is 0 Å². The summed E-state index contributed by atoms with van der Waals surface area (Å²) in [5, 5.41) is 0. The number of amides is 1. The first-order chi connectivity index (χ1) is 7.04. The van der Waals surface area contributed by atoms with Crippen LogP contribution >= 0.6 is 12.2 Å². The zero-order valence-electron chi connectivity index (χ0n) is 8.68. The van der Waals surface area contributed by atoms with Crippen LogP contribution in [0, 0.1) is 5.92 Å². The molecule has 2 N–H and O–H groups in total. The molecule has 0 aliphatic carbocycles. The van der Waals surface area contributed by atoms with Crippen molar-refractivity contribution < 1.29 is 4.79 Å². The molecule has 0 radical (unpaired) electrons. The highest BCUT2D eigenvalue weighted by molar-refractivity contribution is 7.80. The third-order valence-electron chi connectivity index (χ3n) is 2.16. The predicted octanol–water partition coefficient (Wildman–Crippen LogP) is 0.967. The van der Waals surface area contributed by atoms with Gasteiger partial charge in [0.1, 0.15) is 0 Å². The lowest BCUT2D eigenvalue weighted by Crippen LogP contribution is -2.37. The fourth-order valence-corrected chi connectivity index (χ4v) is 1.19. The molecule has 15 heavy (non-hydrogen) atoms. The number of carbonyl (C=O) groups excluding carboxylic acids is 1. The van der Waals surface area contributed by atoms with Crippen molar-refractivity contribution in [2.75, 3.05) is 11.9 Å². The molecule has 1 amide bonds. The van der Waals surface area contributed by atoms with Crippen molar-refractivity contribution in [3.63, 3.8) is 0 Å². The molecule has 0 spiro atoms. The zero-order chi connectivity index (χ0) is 11.4. The lowest BCUT2D eigenvalue weighted by atomic mass is 10.1. The second-order valence-electron chi connectivity index (χ2n) is 3.23. The van der Waals surface area contributed by atoms with Gasteiger partial charge in [0.25, 0.3) is 0 Å². The Morgan fingerprint density at radius 3 is 2.80 bits per heavy atom. The molecule has 0 aliphatic heterocycles. The standard InChI is InChI=1S/C10H13N3OS/c1-7(9(11)15)10(14)13(2)8-4-3-5-12-6-8/h3-7H,1-2H3,(H2,11,15). The first-order valence-electron chi connectivity index (χ1n) is 4.51. The quantitative estimate of drug-likeness (QED) is 0.776. The zero-order valence-corrected chi connectivity index (χ0v) is 9.49. The van der Waals surface area contributed by atoms with Gasteiger partial charge in [0.2, 0.25) is 5.91 Å². The second-order valence-corrected chi connectivity index (χ2v) is 3.70. The number of nitrogens with two attached hydrogens (primary N) is 1. The number of anilines is 1. The van der Waals surface area contributed by atoms with E-state index in [1.54, 1.807) is 38.5 Å². The van der Waals surface area contributed by atoms with Gasteiger partial charge in [-0.05, 0) is 19.1 Å². The molecule has 0 saturated heterocycles. The van der Waals surface area contributed by atoms with Gasteiger partial charge in [0.05, 0.1) is 22.8 Å². The van der Waals surface area contributed by atoms with Crippen molar-refractivity contribution in [1.29, 1.82) is 0 Å². The van der Waals surface area contributed by atoms with Crippen LogP contribution in [0.3, 0.4) is 0 Å². The maximum Gasteiger partial charge on any atom is 0.236 e. The smallest absolute Gasteiger partial charge is 0.236 e. The lowest BCUT2D eigenvalue weighted by molar-refractivity contribution is -0.119. The minimum absolute atomic E-state index is 0.129. The number of rotatable bonds is 3. The number of aromatic nitrogens is 1. The molecule has 1 aromatic rings. The lowest BCUT2D eigenvalue weighted by Gasteiger charge is -2.20. The first kappa shape index (κ1) is 11.6. The molecule has 0 bridgehead atoms. The Kier molecular flexibility index (Phi) is 3.74. The SMILES string of the molecule is CC(C(=O)N(C)c1cccnc1)C(N)=S. The van der Waals surface area contributed by atoms with Crippen LogP contribution < -0.4 is 10.6 Å². The molecular weight excluding hydrogens is 210 g/mol. The van der Waals surface area contributed by atoms with E-state index in [0.717, 1.165) is 5.69 Å². The molecule has 1 unspecified atom stereocenters. The third kappa shape index (κ3) is 2.73. The molecule has 5 heteroatoms. The fourth-order valence-electron chi connectivity index (χ4n) is 1.09. The molecule has 1 atom stereocenters. The Morgan fingerprint density at radius 1 is 1.67 bits per heavy atom. The van der Waals surface area contributed by atoms with Crippen LogP contribution in [0.4, 0.5) is 5.69 Å². The van der Waals surface area contributed by atoms with Crippen LogP contribution in [0.5, 0.6) is 0 Å². The monoisotopic (exact) mass is 223 g/mol. The van der Waals surface area contributed by atoms with Crippen LogP contribution in [0.2, 0.25) is 0 Å². The summed E-state index contributed by atoms with van der Waals surface area (Å²) in [6.07, 6.45) is 3.27. The normalized spacial score (nSPS) is 11.9. The number of pyridine rings is 1. The Hall–Kier alpha value is -1.49. The van der Waals surface area contributed by atoms with Crippen molar-refractivity contribution in [3.8, 4) is 0 Å². The number of carbonyl (C=O) groups is 1.